The second-order valence-electron chi connectivity index (χ2n) is 3.30. The van der Waals surface area contributed by atoms with E-state index in [0.29, 0.717) is 5.56 Å². The fourth-order valence-electron chi connectivity index (χ4n) is 1.39. The molecule has 0 amide bonds. The molecule has 0 aliphatic rings. The zero-order chi connectivity index (χ0) is 11.4. The van der Waals surface area contributed by atoms with Crippen LogP contribution in [-0.2, 0) is 0 Å². The summed E-state index contributed by atoms with van der Waals surface area (Å²) in [6.07, 6.45) is 1.63. The summed E-state index contributed by atoms with van der Waals surface area (Å²) in [5.41, 5.74) is 1.55. The van der Waals surface area contributed by atoms with Gasteiger partial charge in [-0.3, -0.25) is 0 Å². The highest BCUT2D eigenvalue weighted by Gasteiger charge is 2.05. The summed E-state index contributed by atoms with van der Waals surface area (Å²) in [6.45, 7) is 0. The molecule has 0 saturated heterocycles. The molecule has 0 N–H and O–H groups in total. The van der Waals surface area contributed by atoms with Crippen molar-refractivity contribution in [3.8, 4) is 6.07 Å². The summed E-state index contributed by atoms with van der Waals surface area (Å²) < 4.78 is 0. The van der Waals surface area contributed by atoms with Gasteiger partial charge in [-0.2, -0.15) is 10.4 Å². The van der Waals surface area contributed by atoms with E-state index >= 15 is 0 Å². The fraction of sp³-hybridized carbons (Fsp3) is 0.0833. The predicted octanol–water partition coefficient (Wildman–Crippen LogP) is 2.12. The van der Waals surface area contributed by atoms with Gasteiger partial charge < -0.3 is 4.90 Å². The molecule has 0 radical (unpaired) electrons. The van der Waals surface area contributed by atoms with Crippen LogP contribution in [0.25, 0.3) is 0 Å². The van der Waals surface area contributed by atoms with Crippen molar-refractivity contribution in [2.75, 3.05) is 11.9 Å². The summed E-state index contributed by atoms with van der Waals surface area (Å²) in [4.78, 5) is 1.88. The number of aromatic nitrogens is 2. The minimum Gasteiger partial charge on any atom is -0.328 e. The standard InChI is InChI=1S/C12H10N4/c1-16(12-6-3-7-14-15-12)11-5-2-4-10(8-11)9-13/h2-8H,1H3. The fourth-order valence-corrected chi connectivity index (χ4v) is 1.39. The maximum absolute atomic E-state index is 8.82. The minimum absolute atomic E-state index is 0.633. The summed E-state index contributed by atoms with van der Waals surface area (Å²) in [7, 11) is 1.89. The number of rotatable bonds is 2. The van der Waals surface area contributed by atoms with Crippen molar-refractivity contribution in [1.82, 2.24) is 10.2 Å². The first kappa shape index (κ1) is 10.1. The molecule has 1 heterocycles. The lowest BCUT2D eigenvalue weighted by Gasteiger charge is -2.17. The van der Waals surface area contributed by atoms with Crippen LogP contribution in [0.4, 0.5) is 11.5 Å². The van der Waals surface area contributed by atoms with Gasteiger partial charge in [0, 0.05) is 18.9 Å². The van der Waals surface area contributed by atoms with E-state index < -0.39 is 0 Å². The molecule has 1 aromatic carbocycles. The number of hydrogen-bond acceptors (Lipinski definition) is 4. The van der Waals surface area contributed by atoms with Crippen LogP contribution in [0.1, 0.15) is 5.56 Å². The van der Waals surface area contributed by atoms with Gasteiger partial charge in [0.1, 0.15) is 0 Å². The van der Waals surface area contributed by atoms with Gasteiger partial charge in [-0.05, 0) is 30.3 Å². The molecule has 0 aliphatic carbocycles. The van der Waals surface area contributed by atoms with Gasteiger partial charge in [0.15, 0.2) is 5.82 Å². The minimum atomic E-state index is 0.633. The van der Waals surface area contributed by atoms with Crippen molar-refractivity contribution >= 4 is 11.5 Å². The molecule has 0 saturated carbocycles. The first-order valence-corrected chi connectivity index (χ1v) is 4.83. The van der Waals surface area contributed by atoms with Crippen LogP contribution in [0.5, 0.6) is 0 Å². The Labute approximate surface area is 93.8 Å². The monoisotopic (exact) mass is 210 g/mol. The highest BCUT2D eigenvalue weighted by atomic mass is 15.2. The molecule has 0 atom stereocenters. The third-order valence-electron chi connectivity index (χ3n) is 2.26. The van der Waals surface area contributed by atoms with Crippen LogP contribution in [-0.4, -0.2) is 17.2 Å². The Bertz CT molecular complexity index is 516. The molecular weight excluding hydrogens is 200 g/mol. The Morgan fingerprint density at radius 3 is 2.81 bits per heavy atom. The Morgan fingerprint density at radius 2 is 2.12 bits per heavy atom. The highest BCUT2D eigenvalue weighted by Crippen LogP contribution is 2.21. The van der Waals surface area contributed by atoms with Crippen molar-refractivity contribution in [2.45, 2.75) is 0 Å². The summed E-state index contributed by atoms with van der Waals surface area (Å²) in [5, 5.41) is 16.6. The van der Waals surface area contributed by atoms with Gasteiger partial charge in [-0.15, -0.1) is 5.10 Å². The zero-order valence-corrected chi connectivity index (χ0v) is 8.83. The van der Waals surface area contributed by atoms with Crippen LogP contribution < -0.4 is 4.90 Å². The molecule has 4 nitrogen and oxygen atoms in total. The summed E-state index contributed by atoms with van der Waals surface area (Å²) in [6, 6.07) is 13.2. The molecule has 0 unspecified atom stereocenters. The van der Waals surface area contributed by atoms with Gasteiger partial charge in [0.2, 0.25) is 0 Å². The lowest BCUT2D eigenvalue weighted by Crippen LogP contribution is -2.11. The maximum Gasteiger partial charge on any atom is 0.155 e. The summed E-state index contributed by atoms with van der Waals surface area (Å²) in [5.74, 6) is 0.748. The van der Waals surface area contributed by atoms with E-state index in [2.05, 4.69) is 16.3 Å². The molecule has 2 aromatic rings. The van der Waals surface area contributed by atoms with Gasteiger partial charge in [0.25, 0.3) is 0 Å². The zero-order valence-electron chi connectivity index (χ0n) is 8.83. The number of anilines is 2. The smallest absolute Gasteiger partial charge is 0.155 e. The molecule has 16 heavy (non-hydrogen) atoms. The first-order valence-electron chi connectivity index (χ1n) is 4.83. The van der Waals surface area contributed by atoms with Gasteiger partial charge >= 0.3 is 0 Å². The third kappa shape index (κ3) is 1.98. The lowest BCUT2D eigenvalue weighted by atomic mass is 10.2. The second-order valence-corrected chi connectivity index (χ2v) is 3.30. The highest BCUT2D eigenvalue weighted by molar-refractivity contribution is 5.60. The van der Waals surface area contributed by atoms with Crippen LogP contribution in [0.2, 0.25) is 0 Å². The van der Waals surface area contributed by atoms with Crippen LogP contribution in [0.15, 0.2) is 42.6 Å². The topological polar surface area (TPSA) is 52.8 Å². The molecule has 1 aromatic heterocycles. The molecule has 2 rings (SSSR count). The normalized spacial score (nSPS) is 9.50. The quantitative estimate of drug-likeness (QED) is 0.761. The van der Waals surface area contributed by atoms with E-state index in [1.165, 1.54) is 0 Å². The number of nitrogens with zero attached hydrogens (tertiary/aromatic N) is 4. The van der Waals surface area contributed by atoms with Gasteiger partial charge in [-0.1, -0.05) is 6.07 Å². The molecule has 78 valence electrons. The third-order valence-corrected chi connectivity index (χ3v) is 2.26. The molecule has 0 spiro atoms. The average Bonchev–Trinajstić information content (AvgIpc) is 2.39. The lowest BCUT2D eigenvalue weighted by molar-refractivity contribution is 0.987. The maximum atomic E-state index is 8.82. The Kier molecular flexibility index (Phi) is 2.79. The van der Waals surface area contributed by atoms with Crippen molar-refractivity contribution < 1.29 is 0 Å². The van der Waals surface area contributed by atoms with E-state index in [1.54, 1.807) is 12.3 Å². The van der Waals surface area contributed by atoms with E-state index in [4.69, 9.17) is 5.26 Å². The molecule has 0 fully saturated rings. The van der Waals surface area contributed by atoms with Crippen molar-refractivity contribution in [1.29, 1.82) is 5.26 Å². The molecule has 0 bridgehead atoms. The second kappa shape index (κ2) is 4.41. The van der Waals surface area contributed by atoms with E-state index in [1.807, 2.05) is 42.3 Å². The molecular formula is C12H10N4. The summed E-state index contributed by atoms with van der Waals surface area (Å²) >= 11 is 0. The largest absolute Gasteiger partial charge is 0.328 e. The first-order chi connectivity index (χ1) is 7.81. The van der Waals surface area contributed by atoms with Gasteiger partial charge in [0.05, 0.1) is 11.6 Å². The SMILES string of the molecule is CN(c1cccc(C#N)c1)c1cccnn1. The van der Waals surface area contributed by atoms with Crippen LogP contribution >= 0.6 is 0 Å². The van der Waals surface area contributed by atoms with E-state index in [9.17, 15) is 0 Å². The number of nitriles is 1. The van der Waals surface area contributed by atoms with Crippen LogP contribution in [0.3, 0.4) is 0 Å². The van der Waals surface area contributed by atoms with Crippen molar-refractivity contribution in [3.63, 3.8) is 0 Å². The number of benzene rings is 1. The van der Waals surface area contributed by atoms with Crippen LogP contribution in [0, 0.1) is 11.3 Å². The Hall–Kier alpha value is -2.41. The Balaban J connectivity index is 2.35. The predicted molar refractivity (Wildman–Crippen MR) is 61.3 cm³/mol. The van der Waals surface area contributed by atoms with Crippen molar-refractivity contribution in [2.24, 2.45) is 0 Å². The average molecular weight is 210 g/mol. The number of hydrogen-bond donors (Lipinski definition) is 0. The molecule has 0 aliphatic heterocycles. The van der Waals surface area contributed by atoms with Crippen molar-refractivity contribution in [3.05, 3.63) is 48.2 Å². The van der Waals surface area contributed by atoms with E-state index in [0.717, 1.165) is 11.5 Å². The molecule has 4 heteroatoms. The van der Waals surface area contributed by atoms with E-state index in [-0.39, 0.29) is 0 Å². The Morgan fingerprint density at radius 1 is 1.25 bits per heavy atom. The van der Waals surface area contributed by atoms with Gasteiger partial charge in [-0.25, -0.2) is 0 Å².